The lowest BCUT2D eigenvalue weighted by molar-refractivity contribution is -0.119. The number of aryl methyl sites for hydroxylation is 1. The fraction of sp³-hybridized carbons (Fsp3) is 0.250. The zero-order valence-corrected chi connectivity index (χ0v) is 16.8. The van der Waals surface area contributed by atoms with Gasteiger partial charge >= 0.3 is 0 Å². The first-order chi connectivity index (χ1) is 13.1. The van der Waals surface area contributed by atoms with Gasteiger partial charge in [-0.15, -0.1) is 5.10 Å². The van der Waals surface area contributed by atoms with Crippen LogP contribution in [0.25, 0.3) is 11.4 Å². The second kappa shape index (κ2) is 9.06. The molecule has 0 aliphatic heterocycles. The molecule has 5 nitrogen and oxygen atoms in total. The van der Waals surface area contributed by atoms with Gasteiger partial charge < -0.3 is 5.32 Å². The van der Waals surface area contributed by atoms with Gasteiger partial charge in [0.25, 0.3) is 0 Å². The Labute approximate surface area is 167 Å². The molecule has 7 heteroatoms. The van der Waals surface area contributed by atoms with Gasteiger partial charge in [0.15, 0.2) is 5.82 Å². The third kappa shape index (κ3) is 5.11. The molecule has 140 valence electrons. The molecule has 1 aromatic heterocycles. The second-order valence-corrected chi connectivity index (χ2v) is 7.47. The summed E-state index contributed by atoms with van der Waals surface area (Å²) in [5, 5.41) is 11.2. The molecule has 0 aliphatic rings. The van der Waals surface area contributed by atoms with Gasteiger partial charge in [-0.1, -0.05) is 72.8 Å². The summed E-state index contributed by atoms with van der Waals surface area (Å²) in [6, 6.07) is 15.5. The summed E-state index contributed by atoms with van der Waals surface area (Å²) in [6.45, 7) is 4.03. The largest absolute Gasteiger partial charge is 0.349 e. The summed E-state index contributed by atoms with van der Waals surface area (Å²) < 4.78 is 0. The van der Waals surface area contributed by atoms with Crippen molar-refractivity contribution in [2.45, 2.75) is 31.5 Å². The molecule has 0 bridgehead atoms. The Morgan fingerprint density at radius 2 is 1.96 bits per heavy atom. The van der Waals surface area contributed by atoms with E-state index >= 15 is 0 Å². The smallest absolute Gasteiger partial charge is 0.230 e. The van der Waals surface area contributed by atoms with E-state index in [9.17, 15) is 4.79 Å². The molecular formula is C20H21ClN4OS. The van der Waals surface area contributed by atoms with Crippen molar-refractivity contribution in [2.24, 2.45) is 0 Å². The van der Waals surface area contributed by atoms with Crippen LogP contribution in [0.1, 0.15) is 31.0 Å². The highest BCUT2D eigenvalue weighted by molar-refractivity contribution is 7.99. The first kappa shape index (κ1) is 19.5. The van der Waals surface area contributed by atoms with Crippen molar-refractivity contribution in [1.82, 2.24) is 20.5 Å². The number of carbonyl (C=O) groups is 1. The number of H-pyrrole nitrogens is 1. The number of benzene rings is 2. The number of carbonyl (C=O) groups excluding carboxylic acids is 1. The van der Waals surface area contributed by atoms with E-state index in [0.717, 1.165) is 17.5 Å². The van der Waals surface area contributed by atoms with Crippen molar-refractivity contribution in [2.75, 3.05) is 5.75 Å². The Kier molecular flexibility index (Phi) is 6.53. The van der Waals surface area contributed by atoms with Crippen LogP contribution in [0.15, 0.2) is 53.7 Å². The van der Waals surface area contributed by atoms with Crippen molar-refractivity contribution >= 4 is 29.3 Å². The molecule has 2 aromatic carbocycles. The Bertz CT molecular complexity index is 910. The number of halogens is 1. The number of aromatic amines is 1. The van der Waals surface area contributed by atoms with Crippen molar-refractivity contribution in [3.8, 4) is 11.4 Å². The van der Waals surface area contributed by atoms with Gasteiger partial charge in [0.05, 0.1) is 11.8 Å². The molecule has 3 rings (SSSR count). The van der Waals surface area contributed by atoms with E-state index < -0.39 is 0 Å². The summed E-state index contributed by atoms with van der Waals surface area (Å²) in [5.74, 6) is 0.844. The number of hydrogen-bond donors (Lipinski definition) is 2. The molecule has 1 amide bonds. The van der Waals surface area contributed by atoms with Gasteiger partial charge in [-0.3, -0.25) is 9.89 Å². The Morgan fingerprint density at radius 1 is 1.22 bits per heavy atom. The fourth-order valence-corrected chi connectivity index (χ4v) is 3.56. The SMILES string of the molecule is CCc1ccc(-c2nc(SCC(=O)N[C@@H](C)c3ccccc3Cl)n[nH]2)cc1. The summed E-state index contributed by atoms with van der Waals surface area (Å²) >= 11 is 7.47. The predicted molar refractivity (Wildman–Crippen MR) is 110 cm³/mol. The molecule has 0 spiro atoms. The van der Waals surface area contributed by atoms with E-state index in [0.29, 0.717) is 16.0 Å². The number of aromatic nitrogens is 3. The molecule has 3 aromatic rings. The summed E-state index contributed by atoms with van der Waals surface area (Å²) in [7, 11) is 0. The number of rotatable bonds is 7. The van der Waals surface area contributed by atoms with Crippen molar-refractivity contribution in [3.05, 3.63) is 64.7 Å². The molecule has 0 unspecified atom stereocenters. The summed E-state index contributed by atoms with van der Waals surface area (Å²) in [6.07, 6.45) is 1.000. The number of thioether (sulfide) groups is 1. The zero-order valence-electron chi connectivity index (χ0n) is 15.2. The van der Waals surface area contributed by atoms with Crippen LogP contribution in [0.5, 0.6) is 0 Å². The first-order valence-electron chi connectivity index (χ1n) is 8.75. The number of nitrogens with one attached hydrogen (secondary N) is 2. The van der Waals surface area contributed by atoms with Gasteiger partial charge in [0, 0.05) is 10.6 Å². The first-order valence-corrected chi connectivity index (χ1v) is 10.1. The van der Waals surface area contributed by atoms with Crippen LogP contribution in [-0.4, -0.2) is 26.8 Å². The molecule has 0 saturated carbocycles. The predicted octanol–water partition coefficient (Wildman–Crippen LogP) is 4.66. The fourth-order valence-electron chi connectivity index (χ4n) is 2.66. The molecule has 0 saturated heterocycles. The van der Waals surface area contributed by atoms with Crippen LogP contribution in [-0.2, 0) is 11.2 Å². The van der Waals surface area contributed by atoms with E-state index in [1.807, 2.05) is 43.3 Å². The van der Waals surface area contributed by atoms with Gasteiger partial charge in [0.1, 0.15) is 0 Å². The molecule has 0 radical (unpaired) electrons. The quantitative estimate of drug-likeness (QED) is 0.566. The minimum Gasteiger partial charge on any atom is -0.349 e. The minimum atomic E-state index is -0.161. The zero-order chi connectivity index (χ0) is 19.2. The van der Waals surface area contributed by atoms with Gasteiger partial charge in [-0.05, 0) is 30.5 Å². The maximum atomic E-state index is 12.2. The number of hydrogen-bond acceptors (Lipinski definition) is 4. The number of amides is 1. The van der Waals surface area contributed by atoms with Crippen molar-refractivity contribution in [3.63, 3.8) is 0 Å². The Hall–Kier alpha value is -2.31. The summed E-state index contributed by atoms with van der Waals surface area (Å²) in [4.78, 5) is 16.7. The Morgan fingerprint density at radius 3 is 2.67 bits per heavy atom. The van der Waals surface area contributed by atoms with Crippen LogP contribution in [0, 0.1) is 0 Å². The lowest BCUT2D eigenvalue weighted by atomic mass is 10.1. The van der Waals surface area contributed by atoms with Crippen LogP contribution in [0.4, 0.5) is 0 Å². The number of nitrogens with zero attached hydrogens (tertiary/aromatic N) is 2. The van der Waals surface area contributed by atoms with Gasteiger partial charge in [0.2, 0.25) is 11.1 Å². The topological polar surface area (TPSA) is 70.7 Å². The molecule has 1 heterocycles. The van der Waals surface area contributed by atoms with E-state index in [4.69, 9.17) is 11.6 Å². The van der Waals surface area contributed by atoms with Gasteiger partial charge in [-0.2, -0.15) is 0 Å². The van der Waals surface area contributed by atoms with E-state index in [-0.39, 0.29) is 17.7 Å². The average molecular weight is 401 g/mol. The van der Waals surface area contributed by atoms with E-state index in [1.165, 1.54) is 17.3 Å². The Balaban J connectivity index is 1.55. The average Bonchev–Trinajstić information content (AvgIpc) is 3.16. The highest BCUT2D eigenvalue weighted by atomic mass is 35.5. The molecule has 0 aliphatic carbocycles. The third-order valence-corrected chi connectivity index (χ3v) is 5.37. The highest BCUT2D eigenvalue weighted by Crippen LogP contribution is 2.23. The highest BCUT2D eigenvalue weighted by Gasteiger charge is 2.14. The minimum absolute atomic E-state index is 0.0916. The molecule has 0 fully saturated rings. The normalized spacial score (nSPS) is 12.0. The van der Waals surface area contributed by atoms with Crippen LogP contribution in [0.2, 0.25) is 5.02 Å². The lowest BCUT2D eigenvalue weighted by Crippen LogP contribution is -2.28. The van der Waals surface area contributed by atoms with Crippen molar-refractivity contribution in [1.29, 1.82) is 0 Å². The molecule has 27 heavy (non-hydrogen) atoms. The maximum absolute atomic E-state index is 12.2. The molecular weight excluding hydrogens is 380 g/mol. The second-order valence-electron chi connectivity index (χ2n) is 6.12. The van der Waals surface area contributed by atoms with E-state index in [1.54, 1.807) is 0 Å². The third-order valence-electron chi connectivity index (χ3n) is 4.18. The monoisotopic (exact) mass is 400 g/mol. The van der Waals surface area contributed by atoms with Crippen LogP contribution < -0.4 is 5.32 Å². The van der Waals surface area contributed by atoms with E-state index in [2.05, 4.69) is 39.6 Å². The lowest BCUT2D eigenvalue weighted by Gasteiger charge is -2.15. The maximum Gasteiger partial charge on any atom is 0.230 e. The molecule has 1 atom stereocenters. The van der Waals surface area contributed by atoms with Gasteiger partial charge in [-0.25, -0.2) is 4.98 Å². The van der Waals surface area contributed by atoms with Crippen LogP contribution in [0.3, 0.4) is 0 Å². The standard InChI is InChI=1S/C20H21ClN4OS/c1-3-14-8-10-15(11-9-14)19-23-20(25-24-19)27-12-18(26)22-13(2)16-6-4-5-7-17(16)21/h4-11,13H,3,12H2,1-2H3,(H,22,26)(H,23,24,25)/t13-/m0/s1. The summed E-state index contributed by atoms with van der Waals surface area (Å²) in [5.41, 5.74) is 3.15. The van der Waals surface area contributed by atoms with Crippen LogP contribution >= 0.6 is 23.4 Å². The molecule has 2 N–H and O–H groups in total. The van der Waals surface area contributed by atoms with Crippen molar-refractivity contribution < 1.29 is 4.79 Å².